The van der Waals surface area contributed by atoms with Gasteiger partial charge >= 0.3 is 5.97 Å². The summed E-state index contributed by atoms with van der Waals surface area (Å²) >= 11 is 0. The van der Waals surface area contributed by atoms with E-state index in [0.717, 1.165) is 16.5 Å². The highest BCUT2D eigenvalue weighted by Gasteiger charge is 2.35. The third kappa shape index (κ3) is 2.09. The van der Waals surface area contributed by atoms with Gasteiger partial charge in [-0.1, -0.05) is 18.2 Å². The first-order chi connectivity index (χ1) is 10.2. The Labute approximate surface area is 122 Å². The van der Waals surface area contributed by atoms with Crippen LogP contribution in [0.3, 0.4) is 0 Å². The predicted octanol–water partition coefficient (Wildman–Crippen LogP) is 2.02. The van der Waals surface area contributed by atoms with Crippen LogP contribution in [-0.2, 0) is 9.53 Å². The Kier molecular flexibility index (Phi) is 3.22. The van der Waals surface area contributed by atoms with Crippen molar-refractivity contribution in [2.45, 2.75) is 6.92 Å². The van der Waals surface area contributed by atoms with Crippen molar-refractivity contribution in [1.29, 1.82) is 5.26 Å². The molecule has 0 N–H and O–H groups in total. The number of rotatable bonds is 2. The Hall–Kier alpha value is -2.61. The normalized spacial score (nSPS) is 14.6. The number of benzene rings is 1. The first-order valence-electron chi connectivity index (χ1n) is 6.78. The number of hydrogen-bond acceptors (Lipinski definition) is 5. The lowest BCUT2D eigenvalue weighted by Gasteiger charge is -2.39. The molecule has 1 saturated heterocycles. The number of ether oxygens (including phenoxy) is 1. The number of carbonyl (C=O) groups excluding carboxylic acids is 1. The molecule has 0 bridgehead atoms. The van der Waals surface area contributed by atoms with E-state index >= 15 is 0 Å². The quantitative estimate of drug-likeness (QED) is 0.788. The number of hydrogen-bond donors (Lipinski definition) is 0. The van der Waals surface area contributed by atoms with E-state index in [1.807, 2.05) is 36.1 Å². The lowest BCUT2D eigenvalue weighted by molar-refractivity contribution is -0.146. The smallest absolute Gasteiger partial charge is 0.312 e. The zero-order valence-electron chi connectivity index (χ0n) is 12.0. The maximum Gasteiger partial charge on any atom is 0.312 e. The summed E-state index contributed by atoms with van der Waals surface area (Å²) in [6.07, 6.45) is 0. The highest BCUT2D eigenvalue weighted by molar-refractivity contribution is 5.87. The second-order valence-corrected chi connectivity index (χ2v) is 5.19. The Morgan fingerprint density at radius 2 is 2.14 bits per heavy atom. The summed E-state index contributed by atoms with van der Waals surface area (Å²) in [5.41, 5.74) is 2.38. The van der Waals surface area contributed by atoms with Gasteiger partial charge in [0.1, 0.15) is 11.9 Å². The zero-order chi connectivity index (χ0) is 15.0. The Morgan fingerprint density at radius 3 is 2.81 bits per heavy atom. The number of esters is 1. The van der Waals surface area contributed by atoms with Crippen molar-refractivity contribution in [3.63, 3.8) is 0 Å². The minimum atomic E-state index is -0.206. The molecular weight excluding hydrogens is 266 g/mol. The molecule has 1 aromatic carbocycles. The summed E-state index contributed by atoms with van der Waals surface area (Å²) in [6, 6.07) is 10.0. The lowest BCUT2D eigenvalue weighted by Crippen LogP contribution is -2.51. The van der Waals surface area contributed by atoms with E-state index in [-0.39, 0.29) is 11.9 Å². The Morgan fingerprint density at radius 1 is 1.43 bits per heavy atom. The lowest BCUT2D eigenvalue weighted by atomic mass is 9.97. The second-order valence-electron chi connectivity index (χ2n) is 5.19. The van der Waals surface area contributed by atoms with Crippen LogP contribution in [-0.4, -0.2) is 31.2 Å². The molecule has 0 amide bonds. The molecule has 0 unspecified atom stereocenters. The fraction of sp³-hybridized carbons (Fsp3) is 0.312. The molecule has 5 heteroatoms. The minimum absolute atomic E-state index is 0.130. The zero-order valence-corrected chi connectivity index (χ0v) is 12.0. The molecule has 2 aromatic rings. The standard InChI is InChI=1S/C16H15N3O2/c1-10-12-5-3-4-6-14(12)18-15(13(10)7-17)19-8-11(9-19)16(20)21-2/h3-6,11H,8-9H2,1-2H3. The average molecular weight is 281 g/mol. The molecule has 1 aliphatic heterocycles. The summed E-state index contributed by atoms with van der Waals surface area (Å²) in [4.78, 5) is 18.0. The molecule has 106 valence electrons. The molecule has 1 fully saturated rings. The van der Waals surface area contributed by atoms with Crippen molar-refractivity contribution in [3.05, 3.63) is 35.4 Å². The summed E-state index contributed by atoms with van der Waals surface area (Å²) in [5.74, 6) is 0.325. The first kappa shape index (κ1) is 13.4. The molecule has 2 heterocycles. The second kappa shape index (κ2) is 5.06. The van der Waals surface area contributed by atoms with Crippen LogP contribution < -0.4 is 4.90 Å². The molecule has 0 spiro atoms. The van der Waals surface area contributed by atoms with Gasteiger partial charge in [0.05, 0.1) is 24.1 Å². The van der Waals surface area contributed by atoms with Crippen molar-refractivity contribution in [2.75, 3.05) is 25.1 Å². The van der Waals surface area contributed by atoms with Gasteiger partial charge in [0.25, 0.3) is 0 Å². The van der Waals surface area contributed by atoms with Gasteiger partial charge in [-0.05, 0) is 18.6 Å². The first-order valence-corrected chi connectivity index (χ1v) is 6.78. The van der Waals surface area contributed by atoms with Gasteiger partial charge < -0.3 is 9.64 Å². The van der Waals surface area contributed by atoms with Gasteiger partial charge in [-0.2, -0.15) is 5.26 Å². The van der Waals surface area contributed by atoms with E-state index in [4.69, 9.17) is 4.74 Å². The maximum absolute atomic E-state index is 11.5. The van der Waals surface area contributed by atoms with Crippen molar-refractivity contribution >= 4 is 22.7 Å². The molecule has 5 nitrogen and oxygen atoms in total. The van der Waals surface area contributed by atoms with E-state index in [2.05, 4.69) is 11.1 Å². The van der Waals surface area contributed by atoms with Gasteiger partial charge in [0.15, 0.2) is 0 Å². The molecule has 3 rings (SSSR count). The third-order valence-corrected chi connectivity index (χ3v) is 3.96. The van der Waals surface area contributed by atoms with Crippen LogP contribution in [0.4, 0.5) is 5.82 Å². The number of fused-ring (bicyclic) bond motifs is 1. The van der Waals surface area contributed by atoms with Crippen molar-refractivity contribution in [2.24, 2.45) is 5.92 Å². The van der Waals surface area contributed by atoms with Crippen molar-refractivity contribution < 1.29 is 9.53 Å². The fourth-order valence-corrected chi connectivity index (χ4v) is 2.69. The average Bonchev–Trinajstić information content (AvgIpc) is 2.46. The number of nitrogens with zero attached hydrogens (tertiary/aromatic N) is 3. The number of anilines is 1. The number of pyridine rings is 1. The number of carbonyl (C=O) groups is 1. The predicted molar refractivity (Wildman–Crippen MR) is 78.9 cm³/mol. The molecule has 1 aromatic heterocycles. The van der Waals surface area contributed by atoms with Crippen LogP contribution in [0.2, 0.25) is 0 Å². The van der Waals surface area contributed by atoms with Crippen LogP contribution in [0, 0.1) is 24.2 Å². The van der Waals surface area contributed by atoms with Crippen LogP contribution in [0.5, 0.6) is 0 Å². The third-order valence-electron chi connectivity index (χ3n) is 3.96. The van der Waals surface area contributed by atoms with Crippen LogP contribution in [0.1, 0.15) is 11.1 Å². The monoisotopic (exact) mass is 281 g/mol. The van der Waals surface area contributed by atoms with E-state index in [1.165, 1.54) is 7.11 Å². The molecule has 0 radical (unpaired) electrons. The van der Waals surface area contributed by atoms with Gasteiger partial charge in [-0.3, -0.25) is 4.79 Å². The maximum atomic E-state index is 11.5. The van der Waals surface area contributed by atoms with E-state index in [9.17, 15) is 10.1 Å². The van der Waals surface area contributed by atoms with Gasteiger partial charge in [-0.25, -0.2) is 4.98 Å². The van der Waals surface area contributed by atoms with Crippen LogP contribution in [0.15, 0.2) is 24.3 Å². The molecule has 0 aliphatic carbocycles. The van der Waals surface area contributed by atoms with Crippen LogP contribution in [0.25, 0.3) is 10.9 Å². The number of aromatic nitrogens is 1. The molecule has 0 atom stereocenters. The van der Waals surface area contributed by atoms with Gasteiger partial charge in [0.2, 0.25) is 0 Å². The highest BCUT2D eigenvalue weighted by Crippen LogP contribution is 2.31. The van der Waals surface area contributed by atoms with Crippen molar-refractivity contribution in [1.82, 2.24) is 4.98 Å². The number of methoxy groups -OCH3 is 1. The van der Waals surface area contributed by atoms with Crippen LogP contribution >= 0.6 is 0 Å². The summed E-state index contributed by atoms with van der Waals surface area (Å²) in [7, 11) is 1.39. The fourth-order valence-electron chi connectivity index (χ4n) is 2.69. The van der Waals surface area contributed by atoms with E-state index in [0.29, 0.717) is 24.5 Å². The van der Waals surface area contributed by atoms with Gasteiger partial charge in [-0.15, -0.1) is 0 Å². The summed E-state index contributed by atoms with van der Waals surface area (Å²) in [5, 5.41) is 10.4. The number of para-hydroxylation sites is 1. The molecular formula is C16H15N3O2. The topological polar surface area (TPSA) is 66.2 Å². The summed E-state index contributed by atoms with van der Waals surface area (Å²) < 4.78 is 4.74. The number of aryl methyl sites for hydroxylation is 1. The summed E-state index contributed by atoms with van der Waals surface area (Å²) in [6.45, 7) is 3.03. The molecule has 21 heavy (non-hydrogen) atoms. The van der Waals surface area contributed by atoms with Crippen molar-refractivity contribution in [3.8, 4) is 6.07 Å². The minimum Gasteiger partial charge on any atom is -0.469 e. The molecule has 1 aliphatic rings. The van der Waals surface area contributed by atoms with Gasteiger partial charge in [0, 0.05) is 18.5 Å². The number of nitriles is 1. The highest BCUT2D eigenvalue weighted by atomic mass is 16.5. The SMILES string of the molecule is COC(=O)C1CN(c2nc3ccccc3c(C)c2C#N)C1. The van der Waals surface area contributed by atoms with E-state index < -0.39 is 0 Å². The Bertz CT molecular complexity index is 758. The largest absolute Gasteiger partial charge is 0.469 e. The van der Waals surface area contributed by atoms with E-state index in [1.54, 1.807) is 0 Å². The Balaban J connectivity index is 2.00. The molecule has 0 saturated carbocycles.